The zero-order valence-electron chi connectivity index (χ0n) is 13.7. The number of nitrogens with zero attached hydrogens (tertiary/aromatic N) is 3. The van der Waals surface area contributed by atoms with Crippen LogP contribution in [0.15, 0.2) is 30.6 Å². The smallest absolute Gasteiger partial charge is 0.321 e. The maximum absolute atomic E-state index is 14.0. The molecule has 124 valence electrons. The number of halogens is 1. The highest BCUT2D eigenvalue weighted by Gasteiger charge is 2.13. The third-order valence-electron chi connectivity index (χ3n) is 3.08. The zero-order chi connectivity index (χ0) is 17.0. The number of rotatable bonds is 5. The molecule has 0 bridgehead atoms. The normalized spacial score (nSPS) is 10.7. The van der Waals surface area contributed by atoms with E-state index in [0.29, 0.717) is 12.3 Å². The fraction of sp³-hybridized carbons (Fsp3) is 0.375. The number of anilines is 1. The summed E-state index contributed by atoms with van der Waals surface area (Å²) < 4.78 is 21.1. The van der Waals surface area contributed by atoms with Crippen molar-refractivity contribution in [1.29, 1.82) is 0 Å². The van der Waals surface area contributed by atoms with E-state index >= 15 is 0 Å². The molecule has 1 aromatic carbocycles. The van der Waals surface area contributed by atoms with Crippen molar-refractivity contribution in [2.24, 2.45) is 7.05 Å². The summed E-state index contributed by atoms with van der Waals surface area (Å²) in [5.41, 5.74) is 1.01. The van der Waals surface area contributed by atoms with Crippen molar-refractivity contribution in [3.8, 4) is 5.75 Å². The van der Waals surface area contributed by atoms with E-state index < -0.39 is 11.8 Å². The predicted molar refractivity (Wildman–Crippen MR) is 85.9 cm³/mol. The Morgan fingerprint density at radius 3 is 2.78 bits per heavy atom. The Morgan fingerprint density at radius 2 is 2.22 bits per heavy atom. The van der Waals surface area contributed by atoms with Crippen LogP contribution in [0.5, 0.6) is 5.75 Å². The number of benzene rings is 1. The number of urea groups is 1. The van der Waals surface area contributed by atoms with Gasteiger partial charge in [-0.25, -0.2) is 9.18 Å². The van der Waals surface area contributed by atoms with Crippen molar-refractivity contribution < 1.29 is 13.9 Å². The molecule has 6 nitrogen and oxygen atoms in total. The summed E-state index contributed by atoms with van der Waals surface area (Å²) in [5, 5.41) is 6.59. The summed E-state index contributed by atoms with van der Waals surface area (Å²) in [6.45, 7) is 4.11. The second-order valence-electron chi connectivity index (χ2n) is 5.62. The number of amides is 2. The SMILES string of the molecule is CC(C)Oc1ccc(NC(=O)N(C)Cc2cnn(C)c2)c(F)c1. The molecule has 1 aromatic heterocycles. The van der Waals surface area contributed by atoms with Gasteiger partial charge in [-0.1, -0.05) is 0 Å². The molecule has 1 N–H and O–H groups in total. The molecule has 0 fully saturated rings. The lowest BCUT2D eigenvalue weighted by Crippen LogP contribution is -2.31. The van der Waals surface area contributed by atoms with Crippen molar-refractivity contribution in [3.05, 3.63) is 42.0 Å². The van der Waals surface area contributed by atoms with E-state index in [0.717, 1.165) is 5.56 Å². The second kappa shape index (κ2) is 7.13. The van der Waals surface area contributed by atoms with E-state index in [2.05, 4.69) is 10.4 Å². The van der Waals surface area contributed by atoms with Crippen molar-refractivity contribution in [2.45, 2.75) is 26.5 Å². The van der Waals surface area contributed by atoms with Gasteiger partial charge in [-0.3, -0.25) is 4.68 Å². The van der Waals surface area contributed by atoms with E-state index in [4.69, 9.17) is 4.74 Å². The maximum Gasteiger partial charge on any atom is 0.321 e. The van der Waals surface area contributed by atoms with Gasteiger partial charge in [0.15, 0.2) is 0 Å². The molecule has 0 aliphatic heterocycles. The molecule has 0 radical (unpaired) electrons. The predicted octanol–water partition coefficient (Wildman–Crippen LogP) is 3.01. The number of hydrogen-bond donors (Lipinski definition) is 1. The molecule has 0 aliphatic rings. The van der Waals surface area contributed by atoms with Crippen LogP contribution >= 0.6 is 0 Å². The third kappa shape index (κ3) is 4.70. The van der Waals surface area contributed by atoms with E-state index in [1.54, 1.807) is 31.0 Å². The second-order valence-corrected chi connectivity index (χ2v) is 5.62. The zero-order valence-corrected chi connectivity index (χ0v) is 13.7. The summed E-state index contributed by atoms with van der Waals surface area (Å²) in [6, 6.07) is 3.98. The third-order valence-corrected chi connectivity index (χ3v) is 3.08. The topological polar surface area (TPSA) is 59.4 Å². The molecule has 0 saturated heterocycles. The van der Waals surface area contributed by atoms with Crippen LogP contribution in [-0.2, 0) is 13.6 Å². The van der Waals surface area contributed by atoms with Gasteiger partial charge in [0.25, 0.3) is 0 Å². The van der Waals surface area contributed by atoms with Crippen LogP contribution in [0.3, 0.4) is 0 Å². The van der Waals surface area contributed by atoms with Gasteiger partial charge in [-0.2, -0.15) is 5.10 Å². The highest BCUT2D eigenvalue weighted by atomic mass is 19.1. The first-order valence-corrected chi connectivity index (χ1v) is 7.31. The van der Waals surface area contributed by atoms with Gasteiger partial charge in [0, 0.05) is 31.9 Å². The molecule has 0 spiro atoms. The van der Waals surface area contributed by atoms with Crippen LogP contribution in [-0.4, -0.2) is 33.9 Å². The molecular weight excluding hydrogens is 299 g/mol. The van der Waals surface area contributed by atoms with E-state index in [9.17, 15) is 9.18 Å². The van der Waals surface area contributed by atoms with Crippen LogP contribution in [0, 0.1) is 5.82 Å². The van der Waals surface area contributed by atoms with Gasteiger partial charge < -0.3 is 15.0 Å². The lowest BCUT2D eigenvalue weighted by Gasteiger charge is -2.18. The molecule has 0 unspecified atom stereocenters. The summed E-state index contributed by atoms with van der Waals surface area (Å²) in [6.07, 6.45) is 3.46. The van der Waals surface area contributed by atoms with Gasteiger partial charge in [0.05, 0.1) is 24.5 Å². The quantitative estimate of drug-likeness (QED) is 0.921. The summed E-state index contributed by atoms with van der Waals surface area (Å²) in [7, 11) is 3.44. The fourth-order valence-electron chi connectivity index (χ4n) is 2.05. The van der Waals surface area contributed by atoms with Gasteiger partial charge in [0.2, 0.25) is 0 Å². The largest absolute Gasteiger partial charge is 0.491 e. The lowest BCUT2D eigenvalue weighted by molar-refractivity contribution is 0.220. The van der Waals surface area contributed by atoms with Crippen molar-refractivity contribution >= 4 is 11.7 Å². The molecule has 1 heterocycles. The number of carbonyl (C=O) groups is 1. The van der Waals surface area contributed by atoms with Crippen LogP contribution in [0.1, 0.15) is 19.4 Å². The maximum atomic E-state index is 14.0. The molecule has 23 heavy (non-hydrogen) atoms. The Hall–Kier alpha value is -2.57. The fourth-order valence-corrected chi connectivity index (χ4v) is 2.05. The molecule has 0 atom stereocenters. The minimum atomic E-state index is -0.536. The Balaban J connectivity index is 1.99. The van der Waals surface area contributed by atoms with Crippen molar-refractivity contribution in [3.63, 3.8) is 0 Å². The van der Waals surface area contributed by atoms with E-state index in [1.807, 2.05) is 20.0 Å². The monoisotopic (exact) mass is 320 g/mol. The molecule has 2 aromatic rings. The minimum Gasteiger partial charge on any atom is -0.491 e. The number of aromatic nitrogens is 2. The first kappa shape index (κ1) is 16.8. The van der Waals surface area contributed by atoms with Gasteiger partial charge in [0.1, 0.15) is 11.6 Å². The van der Waals surface area contributed by atoms with E-state index in [1.165, 1.54) is 17.0 Å². The molecule has 0 saturated carbocycles. The first-order chi connectivity index (χ1) is 10.8. The Morgan fingerprint density at radius 1 is 1.48 bits per heavy atom. The summed E-state index contributed by atoms with van der Waals surface area (Å²) >= 11 is 0. The van der Waals surface area contributed by atoms with Crippen molar-refractivity contribution in [2.75, 3.05) is 12.4 Å². The average Bonchev–Trinajstić information content (AvgIpc) is 2.86. The highest BCUT2D eigenvalue weighted by molar-refractivity contribution is 5.89. The minimum absolute atomic E-state index is 0.0412. The van der Waals surface area contributed by atoms with Crippen LogP contribution in [0.2, 0.25) is 0 Å². The Labute approximate surface area is 134 Å². The standard InChI is InChI=1S/C16H21FN4O2/c1-11(2)23-13-5-6-15(14(17)7-13)19-16(22)20(3)9-12-8-18-21(4)10-12/h5-8,10-11H,9H2,1-4H3,(H,19,22). The number of nitrogens with one attached hydrogen (secondary N) is 1. The van der Waals surface area contributed by atoms with Crippen molar-refractivity contribution in [1.82, 2.24) is 14.7 Å². The number of hydrogen-bond acceptors (Lipinski definition) is 3. The summed E-state index contributed by atoms with van der Waals surface area (Å²) in [4.78, 5) is 13.6. The van der Waals surface area contributed by atoms with Crippen LogP contribution in [0.25, 0.3) is 0 Å². The molecular formula is C16H21FN4O2. The van der Waals surface area contributed by atoms with E-state index in [-0.39, 0.29) is 11.8 Å². The molecule has 2 amide bonds. The molecule has 7 heteroatoms. The summed E-state index contributed by atoms with van der Waals surface area (Å²) in [5.74, 6) is -0.106. The Kier molecular flexibility index (Phi) is 5.20. The number of carbonyl (C=O) groups excluding carboxylic acids is 1. The van der Waals surface area contributed by atoms with Gasteiger partial charge in [-0.15, -0.1) is 0 Å². The highest BCUT2D eigenvalue weighted by Crippen LogP contribution is 2.22. The van der Waals surface area contributed by atoms with Crippen LogP contribution in [0.4, 0.5) is 14.9 Å². The number of ether oxygens (including phenoxy) is 1. The van der Waals surface area contributed by atoms with Gasteiger partial charge in [-0.05, 0) is 26.0 Å². The first-order valence-electron chi connectivity index (χ1n) is 7.31. The Bertz CT molecular complexity index is 684. The van der Waals surface area contributed by atoms with Crippen LogP contribution < -0.4 is 10.1 Å². The number of aryl methyl sites for hydroxylation is 1. The average molecular weight is 320 g/mol. The van der Waals surface area contributed by atoms with Gasteiger partial charge >= 0.3 is 6.03 Å². The molecule has 2 rings (SSSR count). The molecule has 0 aliphatic carbocycles. The lowest BCUT2D eigenvalue weighted by atomic mass is 10.3.